The molecule has 0 saturated heterocycles. The number of hydrogen-bond donors (Lipinski definition) is 0. The van der Waals surface area contributed by atoms with Crippen LogP contribution < -0.4 is 0 Å². The first kappa shape index (κ1) is 27.8. The van der Waals surface area contributed by atoms with Crippen LogP contribution in [0.25, 0.3) is 0 Å². The first-order valence-corrected chi connectivity index (χ1v) is 9.82. The minimum Gasteiger partial charge on any atom is -0.450 e. The number of carbonyl (C=O) groups is 2. The average Bonchev–Trinajstić information content (AvgIpc) is 2.59. The average molecular weight is 470 g/mol. The molecule has 0 aliphatic rings. The summed E-state index contributed by atoms with van der Waals surface area (Å²) < 4.78 is 82.5. The second-order valence-electron chi connectivity index (χ2n) is 9.83. The van der Waals surface area contributed by atoms with Crippen LogP contribution in [0, 0.1) is 10.8 Å². The van der Waals surface area contributed by atoms with E-state index in [1.165, 1.54) is 12.1 Å². The summed E-state index contributed by atoms with van der Waals surface area (Å²) in [5.74, 6) is -2.89. The van der Waals surface area contributed by atoms with Crippen LogP contribution in [0.3, 0.4) is 0 Å². The Kier molecular flexibility index (Phi) is 8.42. The van der Waals surface area contributed by atoms with Gasteiger partial charge in [0.15, 0.2) is 6.61 Å². The fraction of sp³-hybridized carbons (Fsp3) is 0.636. The molecule has 1 aromatic carbocycles. The Labute approximate surface area is 183 Å². The predicted molar refractivity (Wildman–Crippen MR) is 105 cm³/mol. The molecule has 0 heterocycles. The third-order valence-electron chi connectivity index (χ3n) is 4.58. The highest BCUT2D eigenvalue weighted by Crippen LogP contribution is 2.43. The zero-order valence-corrected chi connectivity index (χ0v) is 18.8. The van der Waals surface area contributed by atoms with Crippen molar-refractivity contribution in [2.45, 2.75) is 72.3 Å². The van der Waals surface area contributed by atoms with E-state index in [9.17, 15) is 35.9 Å². The smallest absolute Gasteiger partial charge is 0.434 e. The first-order valence-electron chi connectivity index (χ1n) is 9.82. The van der Waals surface area contributed by atoms with Gasteiger partial charge in [-0.2, -0.15) is 26.3 Å². The topological polar surface area (TPSA) is 52.6 Å². The van der Waals surface area contributed by atoms with Crippen molar-refractivity contribution in [3.63, 3.8) is 0 Å². The quantitative estimate of drug-likeness (QED) is 0.354. The first-order chi connectivity index (χ1) is 14.2. The number of carbonyl (C=O) groups excluding carboxylic acids is 2. The second kappa shape index (κ2) is 9.70. The minimum atomic E-state index is -5.84. The molecule has 0 radical (unpaired) electrons. The van der Waals surface area contributed by atoms with Crippen molar-refractivity contribution in [1.82, 2.24) is 0 Å². The van der Waals surface area contributed by atoms with E-state index in [0.717, 1.165) is 12.0 Å². The Balaban J connectivity index is 2.84. The third kappa shape index (κ3) is 8.70. The van der Waals surface area contributed by atoms with Crippen LogP contribution in [0.2, 0.25) is 0 Å². The summed E-state index contributed by atoms with van der Waals surface area (Å²) in [7, 11) is 0. The van der Waals surface area contributed by atoms with Crippen molar-refractivity contribution in [2.24, 2.45) is 10.8 Å². The maximum Gasteiger partial charge on any atom is 0.434 e. The molecule has 0 aliphatic heterocycles. The predicted octanol–water partition coefficient (Wildman–Crippen LogP) is 6.45. The monoisotopic (exact) mass is 470 g/mol. The van der Waals surface area contributed by atoms with Crippen molar-refractivity contribution >= 4 is 11.9 Å². The van der Waals surface area contributed by atoms with Gasteiger partial charge in [0.2, 0.25) is 0 Å². The summed E-state index contributed by atoms with van der Waals surface area (Å²) >= 11 is 0. The molecule has 0 bridgehead atoms. The van der Waals surface area contributed by atoms with E-state index in [0.29, 0.717) is 0 Å². The van der Waals surface area contributed by atoms with E-state index in [1.807, 2.05) is 0 Å². The van der Waals surface area contributed by atoms with E-state index in [2.05, 4.69) is 51.0 Å². The summed E-state index contributed by atoms with van der Waals surface area (Å²) in [5.41, 5.74) is 0.919. The van der Waals surface area contributed by atoms with Crippen LogP contribution >= 0.6 is 0 Å². The lowest BCUT2D eigenvalue weighted by Gasteiger charge is -2.36. The second-order valence-corrected chi connectivity index (χ2v) is 9.83. The molecule has 1 rings (SSSR count). The summed E-state index contributed by atoms with van der Waals surface area (Å²) in [5, 5.41) is 0. The van der Waals surface area contributed by atoms with Crippen LogP contribution in [-0.4, -0.2) is 37.0 Å². The molecule has 1 unspecified atom stereocenters. The third-order valence-corrected chi connectivity index (χ3v) is 4.58. The van der Waals surface area contributed by atoms with E-state index in [4.69, 9.17) is 0 Å². The van der Waals surface area contributed by atoms with Crippen molar-refractivity contribution in [2.75, 3.05) is 6.61 Å². The molecule has 0 saturated carbocycles. The summed E-state index contributed by atoms with van der Waals surface area (Å²) in [6.07, 6.45) is -15.1. The standard InChI is InChI=1S/C22H28F6O4/c1-19(2,3)11-15(20(4,5)6)13-7-9-14(10-8-13)17(30)31-12-16(29)32-18(21(23,24)25)22(26,27)28/h7-10,15,18H,11-12H2,1-6H3. The number of alkyl halides is 6. The van der Waals surface area contributed by atoms with E-state index in [-0.39, 0.29) is 22.3 Å². The highest BCUT2D eigenvalue weighted by Gasteiger charge is 2.59. The van der Waals surface area contributed by atoms with Crippen LogP contribution in [0.4, 0.5) is 26.3 Å². The number of benzene rings is 1. The molecule has 0 spiro atoms. The Bertz CT molecular complexity index is 769. The largest absolute Gasteiger partial charge is 0.450 e. The SMILES string of the molecule is CC(C)(C)CC(c1ccc(C(=O)OCC(=O)OC(C(F)(F)F)C(F)(F)F)cc1)C(C)(C)C. The Morgan fingerprint density at radius 3 is 1.69 bits per heavy atom. The van der Waals surface area contributed by atoms with E-state index >= 15 is 0 Å². The molecule has 0 amide bonds. The highest BCUT2D eigenvalue weighted by molar-refractivity contribution is 5.90. The van der Waals surface area contributed by atoms with Crippen LogP contribution in [0.15, 0.2) is 24.3 Å². The minimum absolute atomic E-state index is 0.00633. The molecule has 0 N–H and O–H groups in total. The van der Waals surface area contributed by atoms with Crippen LogP contribution in [-0.2, 0) is 14.3 Å². The molecule has 0 aromatic heterocycles. The molecular weight excluding hydrogens is 442 g/mol. The number of halogens is 6. The van der Waals surface area contributed by atoms with Crippen molar-refractivity contribution in [3.8, 4) is 0 Å². The van der Waals surface area contributed by atoms with Gasteiger partial charge >= 0.3 is 24.3 Å². The highest BCUT2D eigenvalue weighted by atomic mass is 19.4. The fourth-order valence-corrected chi connectivity index (χ4v) is 3.08. The number of ether oxygens (including phenoxy) is 2. The van der Waals surface area contributed by atoms with Gasteiger partial charge in [0.25, 0.3) is 6.10 Å². The van der Waals surface area contributed by atoms with Crippen molar-refractivity contribution in [3.05, 3.63) is 35.4 Å². The lowest BCUT2D eigenvalue weighted by Crippen LogP contribution is -2.46. The van der Waals surface area contributed by atoms with Gasteiger partial charge in [-0.3, -0.25) is 0 Å². The van der Waals surface area contributed by atoms with Gasteiger partial charge in [-0.05, 0) is 40.9 Å². The molecule has 4 nitrogen and oxygen atoms in total. The van der Waals surface area contributed by atoms with Gasteiger partial charge < -0.3 is 9.47 Å². The Hall–Kier alpha value is -2.26. The van der Waals surface area contributed by atoms with Gasteiger partial charge in [-0.15, -0.1) is 0 Å². The summed E-state index contributed by atoms with van der Waals surface area (Å²) in [6, 6.07) is 6.27. The molecule has 10 heteroatoms. The van der Waals surface area contributed by atoms with Crippen LogP contribution in [0.1, 0.15) is 69.8 Å². The lowest BCUT2D eigenvalue weighted by atomic mass is 9.69. The lowest BCUT2D eigenvalue weighted by molar-refractivity contribution is -0.313. The summed E-state index contributed by atoms with van der Waals surface area (Å²) in [4.78, 5) is 23.4. The number of hydrogen-bond acceptors (Lipinski definition) is 4. The van der Waals surface area contributed by atoms with Crippen LogP contribution in [0.5, 0.6) is 0 Å². The van der Waals surface area contributed by atoms with E-state index in [1.54, 1.807) is 12.1 Å². The molecule has 1 atom stereocenters. The number of rotatable bonds is 6. The normalized spacial score (nSPS) is 14.3. The van der Waals surface area contributed by atoms with Crippen molar-refractivity contribution in [1.29, 1.82) is 0 Å². The number of esters is 2. The van der Waals surface area contributed by atoms with Gasteiger partial charge in [0.1, 0.15) is 0 Å². The van der Waals surface area contributed by atoms with Gasteiger partial charge in [0, 0.05) is 0 Å². The maximum atomic E-state index is 12.4. The Morgan fingerprint density at radius 2 is 1.31 bits per heavy atom. The molecule has 0 fully saturated rings. The molecule has 182 valence electrons. The maximum absolute atomic E-state index is 12.4. The molecule has 1 aromatic rings. The van der Waals surface area contributed by atoms with Gasteiger partial charge in [0.05, 0.1) is 5.56 Å². The molecule has 32 heavy (non-hydrogen) atoms. The zero-order chi connectivity index (χ0) is 25.1. The van der Waals surface area contributed by atoms with E-state index < -0.39 is 37.0 Å². The fourth-order valence-electron chi connectivity index (χ4n) is 3.08. The van der Waals surface area contributed by atoms with Gasteiger partial charge in [-0.1, -0.05) is 53.7 Å². The van der Waals surface area contributed by atoms with Gasteiger partial charge in [-0.25, -0.2) is 9.59 Å². The summed E-state index contributed by atoms with van der Waals surface area (Å²) in [6.45, 7) is 11.2. The molecular formula is C22H28F6O4. The van der Waals surface area contributed by atoms with Crippen molar-refractivity contribution < 1.29 is 45.4 Å². The zero-order valence-electron chi connectivity index (χ0n) is 18.8. The Morgan fingerprint density at radius 1 is 0.844 bits per heavy atom. The molecule has 0 aliphatic carbocycles.